The van der Waals surface area contributed by atoms with Crippen molar-refractivity contribution in [2.75, 3.05) is 0 Å². The summed E-state index contributed by atoms with van der Waals surface area (Å²) in [5.74, 6) is 0.811. The molecule has 0 radical (unpaired) electrons. The molecule has 0 bridgehead atoms. The van der Waals surface area contributed by atoms with Crippen molar-refractivity contribution in [2.45, 2.75) is 51.9 Å². The largest absolute Gasteiger partial charge is 0.0955 e. The minimum absolute atomic E-state index is 0.584. The third kappa shape index (κ3) is 1.57. The number of hydrogen-bond donors (Lipinski definition) is 0. The highest BCUT2D eigenvalue weighted by molar-refractivity contribution is 5.66. The van der Waals surface area contributed by atoms with Crippen molar-refractivity contribution in [3.8, 4) is 0 Å². The summed E-state index contributed by atoms with van der Waals surface area (Å²) in [5, 5.41) is 0. The van der Waals surface area contributed by atoms with Gasteiger partial charge in [0.25, 0.3) is 0 Å². The smallest absolute Gasteiger partial charge is 0.0105 e. The lowest BCUT2D eigenvalue weighted by Crippen LogP contribution is -2.27. The number of rotatable bonds is 1. The van der Waals surface area contributed by atoms with E-state index in [4.69, 9.17) is 0 Å². The summed E-state index contributed by atoms with van der Waals surface area (Å²) in [6.45, 7) is 8.77. The molecule has 2 aliphatic rings. The van der Waals surface area contributed by atoms with Crippen LogP contribution in [0.3, 0.4) is 0 Å². The number of benzene rings is 1. The van der Waals surface area contributed by atoms with Crippen LogP contribution in [0, 0.1) is 5.41 Å². The molecule has 1 aromatic rings. The van der Waals surface area contributed by atoms with E-state index in [0.717, 1.165) is 5.92 Å². The van der Waals surface area contributed by atoms with Crippen molar-refractivity contribution in [2.24, 2.45) is 5.41 Å². The summed E-state index contributed by atoms with van der Waals surface area (Å²) < 4.78 is 0. The van der Waals surface area contributed by atoms with Crippen molar-refractivity contribution < 1.29 is 0 Å². The topological polar surface area (TPSA) is 0 Å². The van der Waals surface area contributed by atoms with Gasteiger partial charge in [-0.3, -0.25) is 0 Å². The van der Waals surface area contributed by atoms with Crippen LogP contribution < -0.4 is 0 Å². The summed E-state index contributed by atoms with van der Waals surface area (Å²) in [6, 6.07) is 6.85. The molecule has 0 spiro atoms. The third-order valence-electron chi connectivity index (χ3n) is 5.08. The van der Waals surface area contributed by atoms with Gasteiger partial charge in [0.2, 0.25) is 0 Å². The van der Waals surface area contributed by atoms with Crippen LogP contribution in [0.2, 0.25) is 0 Å². The highest BCUT2D eigenvalue weighted by atomic mass is 14.5. The van der Waals surface area contributed by atoms with Crippen LogP contribution >= 0.6 is 0 Å². The maximum Gasteiger partial charge on any atom is -0.0105 e. The monoisotopic (exact) mass is 226 g/mol. The summed E-state index contributed by atoms with van der Waals surface area (Å²) in [4.78, 5) is 0. The summed E-state index contributed by atoms with van der Waals surface area (Å²) in [6.07, 6.45) is 6.86. The van der Waals surface area contributed by atoms with Gasteiger partial charge >= 0.3 is 0 Å². The van der Waals surface area contributed by atoms with Crippen LogP contribution in [0.5, 0.6) is 0 Å². The van der Waals surface area contributed by atoms with Crippen LogP contribution in [-0.2, 0) is 6.42 Å². The standard InChI is InChI=1S/C17H22/c1-12(2)13-6-4-7-15-14(13)9-11-17(3)10-5-8-16(15)17/h4,6-7,16H,1,5,8-11H2,2-3H3/t16-,17-/m1/s1. The minimum atomic E-state index is 0.584. The molecular weight excluding hydrogens is 204 g/mol. The van der Waals surface area contributed by atoms with Gasteiger partial charge in [-0.25, -0.2) is 0 Å². The molecule has 2 aliphatic carbocycles. The average Bonchev–Trinajstić information content (AvgIpc) is 2.70. The summed E-state index contributed by atoms with van der Waals surface area (Å²) >= 11 is 0. The molecule has 0 heteroatoms. The molecule has 1 saturated carbocycles. The highest BCUT2D eigenvalue weighted by Gasteiger charge is 2.43. The molecule has 1 fully saturated rings. The second-order valence-electron chi connectivity index (χ2n) is 6.25. The number of fused-ring (bicyclic) bond motifs is 3. The fourth-order valence-electron chi connectivity index (χ4n) is 4.08. The van der Waals surface area contributed by atoms with Crippen molar-refractivity contribution >= 4 is 5.57 Å². The maximum atomic E-state index is 4.14. The van der Waals surface area contributed by atoms with E-state index in [9.17, 15) is 0 Å². The molecule has 3 rings (SSSR count). The van der Waals surface area contributed by atoms with E-state index < -0.39 is 0 Å². The maximum absolute atomic E-state index is 4.14. The molecule has 1 aromatic carbocycles. The molecule has 0 heterocycles. The molecule has 0 amide bonds. The van der Waals surface area contributed by atoms with E-state index in [1.807, 2.05) is 0 Å². The van der Waals surface area contributed by atoms with E-state index >= 15 is 0 Å². The van der Waals surface area contributed by atoms with Crippen LogP contribution in [0.1, 0.15) is 62.1 Å². The Labute approximate surface area is 105 Å². The summed E-state index contributed by atoms with van der Waals surface area (Å²) in [5.41, 5.74) is 6.46. The van der Waals surface area contributed by atoms with E-state index in [1.54, 1.807) is 11.1 Å². The SMILES string of the molecule is C=C(C)c1cccc2c1CC[C@@]1(C)CCC[C@H]21. The highest BCUT2D eigenvalue weighted by Crippen LogP contribution is 2.56. The Kier molecular flexibility index (Phi) is 2.43. The zero-order chi connectivity index (χ0) is 12.0. The Morgan fingerprint density at radius 3 is 2.94 bits per heavy atom. The van der Waals surface area contributed by atoms with Gasteiger partial charge in [0.1, 0.15) is 0 Å². The number of hydrogen-bond acceptors (Lipinski definition) is 0. The van der Waals surface area contributed by atoms with E-state index in [-0.39, 0.29) is 0 Å². The average molecular weight is 226 g/mol. The second-order valence-corrected chi connectivity index (χ2v) is 6.25. The molecular formula is C17H22. The zero-order valence-corrected chi connectivity index (χ0v) is 11.1. The van der Waals surface area contributed by atoms with Crippen LogP contribution in [0.25, 0.3) is 5.57 Å². The minimum Gasteiger partial charge on any atom is -0.0955 e. The Hall–Kier alpha value is -1.04. The van der Waals surface area contributed by atoms with Crippen molar-refractivity contribution in [1.29, 1.82) is 0 Å². The van der Waals surface area contributed by atoms with Gasteiger partial charge in [-0.1, -0.05) is 43.7 Å². The van der Waals surface area contributed by atoms with Crippen molar-refractivity contribution in [3.05, 3.63) is 41.5 Å². The molecule has 0 unspecified atom stereocenters. The molecule has 0 saturated heterocycles. The van der Waals surface area contributed by atoms with Gasteiger partial charge < -0.3 is 0 Å². The van der Waals surface area contributed by atoms with Gasteiger partial charge in [0.15, 0.2) is 0 Å². The second kappa shape index (κ2) is 3.73. The first-order valence-electron chi connectivity index (χ1n) is 6.89. The third-order valence-corrected chi connectivity index (χ3v) is 5.08. The first-order valence-corrected chi connectivity index (χ1v) is 6.89. The van der Waals surface area contributed by atoms with Crippen molar-refractivity contribution in [1.82, 2.24) is 0 Å². The fourth-order valence-corrected chi connectivity index (χ4v) is 4.08. The van der Waals surface area contributed by atoms with Gasteiger partial charge in [0.05, 0.1) is 0 Å². The molecule has 2 atom stereocenters. The zero-order valence-electron chi connectivity index (χ0n) is 11.1. The van der Waals surface area contributed by atoms with Crippen LogP contribution in [0.15, 0.2) is 24.8 Å². The van der Waals surface area contributed by atoms with E-state index in [2.05, 4.69) is 38.6 Å². The first-order chi connectivity index (χ1) is 8.12. The lowest BCUT2D eigenvalue weighted by atomic mass is 9.66. The molecule has 0 aromatic heterocycles. The Bertz CT molecular complexity index is 469. The van der Waals surface area contributed by atoms with E-state index in [1.165, 1.54) is 43.2 Å². The first kappa shape index (κ1) is 11.1. The van der Waals surface area contributed by atoms with Gasteiger partial charge in [-0.2, -0.15) is 0 Å². The predicted molar refractivity (Wildman–Crippen MR) is 74.2 cm³/mol. The summed E-state index contributed by atoms with van der Waals surface area (Å²) in [7, 11) is 0. The van der Waals surface area contributed by atoms with Crippen molar-refractivity contribution in [3.63, 3.8) is 0 Å². The molecule has 0 N–H and O–H groups in total. The lowest BCUT2D eigenvalue weighted by Gasteiger charge is -2.38. The van der Waals surface area contributed by atoms with Crippen LogP contribution in [0.4, 0.5) is 0 Å². The fraction of sp³-hybridized carbons (Fsp3) is 0.529. The molecule has 17 heavy (non-hydrogen) atoms. The molecule has 90 valence electrons. The Morgan fingerprint density at radius 1 is 1.35 bits per heavy atom. The van der Waals surface area contributed by atoms with Gasteiger partial charge in [-0.05, 0) is 60.6 Å². The normalized spacial score (nSPS) is 30.8. The number of allylic oxidation sites excluding steroid dienone is 1. The quantitative estimate of drug-likeness (QED) is 0.636. The lowest BCUT2D eigenvalue weighted by molar-refractivity contribution is 0.252. The predicted octanol–water partition coefficient (Wildman–Crippen LogP) is 4.94. The molecule has 0 aliphatic heterocycles. The Balaban J connectivity index is 2.13. The Morgan fingerprint density at radius 2 is 2.18 bits per heavy atom. The van der Waals surface area contributed by atoms with Crippen LogP contribution in [-0.4, -0.2) is 0 Å². The molecule has 0 nitrogen and oxygen atoms in total. The van der Waals surface area contributed by atoms with Gasteiger partial charge in [-0.15, -0.1) is 0 Å². The van der Waals surface area contributed by atoms with E-state index in [0.29, 0.717) is 5.41 Å². The van der Waals surface area contributed by atoms with Gasteiger partial charge in [0, 0.05) is 0 Å².